The summed E-state index contributed by atoms with van der Waals surface area (Å²) < 4.78 is 0. The Hall–Kier alpha value is -1.02. The second-order valence-corrected chi connectivity index (χ2v) is 4.96. The van der Waals surface area contributed by atoms with Gasteiger partial charge in [-0.15, -0.1) is 0 Å². The van der Waals surface area contributed by atoms with E-state index >= 15 is 0 Å². The van der Waals surface area contributed by atoms with Crippen molar-refractivity contribution in [3.63, 3.8) is 0 Å². The Labute approximate surface area is 101 Å². The number of hydrogen-bond donors (Lipinski definition) is 0. The Morgan fingerprint density at radius 3 is 2.75 bits per heavy atom. The molecule has 0 aliphatic carbocycles. The Bertz CT molecular complexity index is 434. The minimum atomic E-state index is 0.814. The van der Waals surface area contributed by atoms with Gasteiger partial charge in [0.2, 0.25) is 0 Å². The molecule has 0 aromatic heterocycles. The van der Waals surface area contributed by atoms with Gasteiger partial charge in [0.15, 0.2) is 0 Å². The summed E-state index contributed by atoms with van der Waals surface area (Å²) in [6, 6.07) is 5.98. The lowest BCUT2D eigenvalue weighted by molar-refractivity contribution is 0.339. The summed E-state index contributed by atoms with van der Waals surface area (Å²) in [5.74, 6) is 1.23. The first-order valence-electron chi connectivity index (χ1n) is 5.94. The van der Waals surface area contributed by atoms with Crippen molar-refractivity contribution >= 4 is 23.1 Å². The Morgan fingerprint density at radius 1 is 1.12 bits per heavy atom. The third kappa shape index (κ3) is 1.82. The largest absolute Gasteiger partial charge is 0.360 e. The van der Waals surface area contributed by atoms with Gasteiger partial charge in [0.1, 0.15) is 5.84 Å². The third-order valence-corrected chi connectivity index (χ3v) is 3.60. The van der Waals surface area contributed by atoms with Crippen LogP contribution in [0.2, 0.25) is 5.02 Å². The first-order valence-corrected chi connectivity index (χ1v) is 6.32. The average Bonchev–Trinajstić information content (AvgIpc) is 2.73. The molecule has 1 fully saturated rings. The fraction of sp³-hybridized carbons (Fsp3) is 0.462. The van der Waals surface area contributed by atoms with E-state index in [0.29, 0.717) is 0 Å². The summed E-state index contributed by atoms with van der Waals surface area (Å²) in [6.07, 6.45) is 4.92. The predicted molar refractivity (Wildman–Crippen MR) is 67.7 cm³/mol. The lowest BCUT2D eigenvalue weighted by atomic mass is 10.1. The molecule has 3 heteroatoms. The van der Waals surface area contributed by atoms with Gasteiger partial charge in [-0.05, 0) is 43.0 Å². The number of benzene rings is 1. The van der Waals surface area contributed by atoms with Crippen molar-refractivity contribution in [2.45, 2.75) is 25.7 Å². The molecule has 0 atom stereocenters. The molecule has 0 radical (unpaired) electrons. The van der Waals surface area contributed by atoms with Crippen molar-refractivity contribution in [1.29, 1.82) is 0 Å². The van der Waals surface area contributed by atoms with Crippen LogP contribution in [0.25, 0.3) is 0 Å². The van der Waals surface area contributed by atoms with Crippen LogP contribution >= 0.6 is 11.6 Å². The van der Waals surface area contributed by atoms with Crippen LogP contribution in [0.5, 0.6) is 0 Å². The van der Waals surface area contributed by atoms with E-state index in [4.69, 9.17) is 16.6 Å². The second-order valence-electron chi connectivity index (χ2n) is 4.53. The molecule has 0 amide bonds. The standard InChI is InChI=1S/C13H15ClN2/c14-11-4-5-12-10(8-11)9-13(15-12)16-6-2-1-3-7-16/h4-5,8H,1-3,6-7,9H2. The zero-order valence-electron chi connectivity index (χ0n) is 9.25. The average molecular weight is 235 g/mol. The van der Waals surface area contributed by atoms with E-state index in [0.717, 1.165) is 17.1 Å². The molecule has 0 spiro atoms. The van der Waals surface area contributed by atoms with E-state index in [2.05, 4.69) is 4.90 Å². The van der Waals surface area contributed by atoms with Crippen LogP contribution in [-0.4, -0.2) is 23.8 Å². The Morgan fingerprint density at radius 2 is 1.94 bits per heavy atom. The van der Waals surface area contributed by atoms with E-state index in [-0.39, 0.29) is 0 Å². The molecule has 1 saturated heterocycles. The highest BCUT2D eigenvalue weighted by Gasteiger charge is 2.21. The molecule has 2 aliphatic heterocycles. The van der Waals surface area contributed by atoms with Crippen LogP contribution in [-0.2, 0) is 6.42 Å². The maximum Gasteiger partial charge on any atom is 0.109 e. The highest BCUT2D eigenvalue weighted by molar-refractivity contribution is 6.30. The fourth-order valence-electron chi connectivity index (χ4n) is 2.49. The van der Waals surface area contributed by atoms with Gasteiger partial charge in [0, 0.05) is 24.5 Å². The van der Waals surface area contributed by atoms with Crippen LogP contribution < -0.4 is 0 Å². The maximum atomic E-state index is 5.99. The number of likely N-dealkylation sites (tertiary alicyclic amines) is 1. The molecule has 0 saturated carbocycles. The van der Waals surface area contributed by atoms with Crippen molar-refractivity contribution in [2.24, 2.45) is 4.99 Å². The Kier molecular flexibility index (Phi) is 2.60. The number of hydrogen-bond acceptors (Lipinski definition) is 2. The normalized spacial score (nSPS) is 19.6. The summed E-state index contributed by atoms with van der Waals surface area (Å²) in [7, 11) is 0. The zero-order chi connectivity index (χ0) is 11.0. The smallest absolute Gasteiger partial charge is 0.109 e. The summed E-state index contributed by atoms with van der Waals surface area (Å²) in [4.78, 5) is 7.13. The highest BCUT2D eigenvalue weighted by Crippen LogP contribution is 2.30. The lowest BCUT2D eigenvalue weighted by Gasteiger charge is -2.28. The second kappa shape index (κ2) is 4.10. The van der Waals surface area contributed by atoms with Crippen LogP contribution in [0.1, 0.15) is 24.8 Å². The van der Waals surface area contributed by atoms with Crippen LogP contribution in [0, 0.1) is 0 Å². The molecular weight excluding hydrogens is 220 g/mol. The van der Waals surface area contributed by atoms with E-state index in [1.165, 1.54) is 43.8 Å². The fourth-order valence-corrected chi connectivity index (χ4v) is 2.68. The summed E-state index contributed by atoms with van der Waals surface area (Å²) in [5.41, 5.74) is 2.37. The van der Waals surface area contributed by atoms with Gasteiger partial charge >= 0.3 is 0 Å². The number of piperidine rings is 1. The number of aliphatic imine (C=N–C) groups is 1. The molecule has 84 valence electrons. The summed E-state index contributed by atoms with van der Waals surface area (Å²) in [6.45, 7) is 2.33. The van der Waals surface area contributed by atoms with Crippen LogP contribution in [0.3, 0.4) is 0 Å². The lowest BCUT2D eigenvalue weighted by Crippen LogP contribution is -2.35. The molecule has 16 heavy (non-hydrogen) atoms. The van der Waals surface area contributed by atoms with Gasteiger partial charge in [-0.1, -0.05) is 11.6 Å². The van der Waals surface area contributed by atoms with Crippen LogP contribution in [0.4, 0.5) is 5.69 Å². The molecule has 2 nitrogen and oxygen atoms in total. The quantitative estimate of drug-likeness (QED) is 0.672. The van der Waals surface area contributed by atoms with Gasteiger partial charge < -0.3 is 4.90 Å². The summed E-state index contributed by atoms with van der Waals surface area (Å²) in [5, 5.41) is 0.814. The molecule has 3 rings (SSSR count). The minimum Gasteiger partial charge on any atom is -0.360 e. The monoisotopic (exact) mass is 234 g/mol. The molecule has 1 aromatic carbocycles. The Balaban J connectivity index is 1.82. The van der Waals surface area contributed by atoms with E-state index in [1.54, 1.807) is 0 Å². The van der Waals surface area contributed by atoms with Crippen molar-refractivity contribution in [2.75, 3.05) is 13.1 Å². The molecule has 2 aliphatic rings. The van der Waals surface area contributed by atoms with Crippen molar-refractivity contribution in [1.82, 2.24) is 4.90 Å². The SMILES string of the molecule is Clc1ccc2c(c1)CC(N1CCCCC1)=N2. The first kappa shape index (κ1) is 10.2. The third-order valence-electron chi connectivity index (χ3n) is 3.36. The summed E-state index contributed by atoms with van der Waals surface area (Å²) >= 11 is 5.99. The van der Waals surface area contributed by atoms with Crippen LogP contribution in [0.15, 0.2) is 23.2 Å². The number of rotatable bonds is 0. The number of fused-ring (bicyclic) bond motifs is 1. The van der Waals surface area contributed by atoms with Crippen molar-refractivity contribution in [3.8, 4) is 0 Å². The van der Waals surface area contributed by atoms with Crippen molar-refractivity contribution in [3.05, 3.63) is 28.8 Å². The maximum absolute atomic E-state index is 5.99. The molecule has 0 unspecified atom stereocenters. The molecule has 1 aromatic rings. The predicted octanol–water partition coefficient (Wildman–Crippen LogP) is 3.41. The van der Waals surface area contributed by atoms with Gasteiger partial charge in [0.25, 0.3) is 0 Å². The van der Waals surface area contributed by atoms with Gasteiger partial charge in [-0.2, -0.15) is 0 Å². The number of nitrogens with zero attached hydrogens (tertiary/aromatic N) is 2. The first-order chi connectivity index (χ1) is 7.83. The van der Waals surface area contributed by atoms with E-state index in [1.807, 2.05) is 18.2 Å². The number of halogens is 1. The molecular formula is C13H15ClN2. The van der Waals surface area contributed by atoms with Gasteiger partial charge in [0.05, 0.1) is 5.69 Å². The van der Waals surface area contributed by atoms with E-state index in [9.17, 15) is 0 Å². The topological polar surface area (TPSA) is 15.6 Å². The zero-order valence-corrected chi connectivity index (χ0v) is 10.0. The minimum absolute atomic E-state index is 0.814. The molecule has 2 heterocycles. The molecule has 0 N–H and O–H groups in total. The highest BCUT2D eigenvalue weighted by atomic mass is 35.5. The van der Waals surface area contributed by atoms with Crippen molar-refractivity contribution < 1.29 is 0 Å². The van der Waals surface area contributed by atoms with Gasteiger partial charge in [-0.3, -0.25) is 0 Å². The number of amidine groups is 1. The van der Waals surface area contributed by atoms with Gasteiger partial charge in [-0.25, -0.2) is 4.99 Å². The molecule has 0 bridgehead atoms. The van der Waals surface area contributed by atoms with E-state index < -0.39 is 0 Å².